The molecule has 174 valence electrons. The van der Waals surface area contributed by atoms with Crippen molar-refractivity contribution in [3.63, 3.8) is 0 Å². The van der Waals surface area contributed by atoms with Gasteiger partial charge in [-0.25, -0.2) is 8.42 Å². The van der Waals surface area contributed by atoms with Crippen molar-refractivity contribution in [2.45, 2.75) is 40.2 Å². The Bertz CT molecular complexity index is 1120. The van der Waals surface area contributed by atoms with E-state index in [0.29, 0.717) is 13.0 Å². The van der Waals surface area contributed by atoms with Crippen molar-refractivity contribution in [1.29, 1.82) is 0 Å². The number of nitrogens with one attached hydrogen (secondary N) is 1. The summed E-state index contributed by atoms with van der Waals surface area (Å²) in [5, 5.41) is 7.72. The molecule has 32 heavy (non-hydrogen) atoms. The van der Waals surface area contributed by atoms with E-state index in [0.717, 1.165) is 54.5 Å². The Balaban J connectivity index is 1.35. The molecule has 1 aromatic carbocycles. The van der Waals surface area contributed by atoms with E-state index >= 15 is 0 Å². The summed E-state index contributed by atoms with van der Waals surface area (Å²) in [5.41, 5.74) is 6.19. The molecule has 1 N–H and O–H groups in total. The number of hydrogen-bond donors (Lipinski definition) is 1. The van der Waals surface area contributed by atoms with Gasteiger partial charge in [0.1, 0.15) is 0 Å². The van der Waals surface area contributed by atoms with Crippen LogP contribution in [0.15, 0.2) is 18.2 Å². The monoisotopic (exact) mass is 459 g/mol. The number of piperazine rings is 1. The molecule has 2 aliphatic heterocycles. The zero-order chi connectivity index (χ0) is 23.0. The van der Waals surface area contributed by atoms with Crippen LogP contribution in [0.1, 0.15) is 35.0 Å². The Kier molecular flexibility index (Phi) is 6.31. The number of anilines is 2. The number of amides is 1. The molecule has 1 unspecified atom stereocenters. The number of benzene rings is 1. The van der Waals surface area contributed by atoms with Gasteiger partial charge in [-0.15, -0.1) is 0 Å². The molecule has 1 aromatic heterocycles. The zero-order valence-corrected chi connectivity index (χ0v) is 20.2. The highest BCUT2D eigenvalue weighted by Crippen LogP contribution is 2.31. The van der Waals surface area contributed by atoms with Crippen molar-refractivity contribution in [2.24, 2.45) is 0 Å². The molecule has 0 bridgehead atoms. The van der Waals surface area contributed by atoms with Crippen molar-refractivity contribution in [3.05, 3.63) is 40.7 Å². The highest BCUT2D eigenvalue weighted by Gasteiger charge is 2.32. The number of carbonyl (C=O) groups excluding carboxylic acids is 1. The van der Waals surface area contributed by atoms with E-state index in [4.69, 9.17) is 5.10 Å². The first-order valence-corrected chi connectivity index (χ1v) is 13.1. The lowest BCUT2D eigenvalue weighted by Crippen LogP contribution is -2.49. The molecule has 0 saturated carbocycles. The van der Waals surface area contributed by atoms with E-state index in [1.54, 1.807) is 0 Å². The second kappa shape index (κ2) is 8.86. The smallest absolute Gasteiger partial charge is 0.238 e. The summed E-state index contributed by atoms with van der Waals surface area (Å²) in [6, 6.07) is 5.97. The number of hydrogen-bond acceptors (Lipinski definition) is 6. The molecule has 0 spiro atoms. The fourth-order valence-electron chi connectivity index (χ4n) is 4.91. The minimum Gasteiger partial charge on any atom is -0.366 e. The maximum atomic E-state index is 12.6. The first kappa shape index (κ1) is 22.8. The van der Waals surface area contributed by atoms with Gasteiger partial charge in [0.2, 0.25) is 5.91 Å². The quantitative estimate of drug-likeness (QED) is 0.738. The summed E-state index contributed by atoms with van der Waals surface area (Å²) in [6.45, 7) is 11.7. The molecular formula is C23H33N5O3S. The molecule has 0 aliphatic carbocycles. The van der Waals surface area contributed by atoms with Crippen LogP contribution in [0.25, 0.3) is 0 Å². The molecule has 2 saturated heterocycles. The molecule has 0 radical (unpaired) electrons. The van der Waals surface area contributed by atoms with Gasteiger partial charge in [0.05, 0.1) is 41.2 Å². The van der Waals surface area contributed by atoms with Crippen molar-refractivity contribution >= 4 is 27.1 Å². The van der Waals surface area contributed by atoms with Crippen LogP contribution in [0, 0.1) is 27.7 Å². The maximum Gasteiger partial charge on any atom is 0.238 e. The van der Waals surface area contributed by atoms with Crippen LogP contribution in [-0.2, 0) is 14.6 Å². The Hall–Kier alpha value is -2.39. The summed E-state index contributed by atoms with van der Waals surface area (Å²) in [4.78, 5) is 17.0. The fourth-order valence-corrected chi connectivity index (χ4v) is 6.60. The van der Waals surface area contributed by atoms with E-state index in [-0.39, 0.29) is 23.5 Å². The lowest BCUT2D eigenvalue weighted by Gasteiger charge is -2.36. The molecule has 8 nitrogen and oxygen atoms in total. The number of sulfone groups is 1. The van der Waals surface area contributed by atoms with Gasteiger partial charge in [-0.1, -0.05) is 17.7 Å². The van der Waals surface area contributed by atoms with Gasteiger partial charge >= 0.3 is 0 Å². The fraction of sp³-hybridized carbons (Fsp3) is 0.565. The molecule has 9 heteroatoms. The molecule has 2 fully saturated rings. The molecule has 1 atom stereocenters. The number of carbonyl (C=O) groups is 1. The first-order chi connectivity index (χ1) is 15.1. The molecule has 1 amide bonds. The average molecular weight is 460 g/mol. The standard InChI is InChI=1S/C23H33N5O3S/c1-16-5-6-21(17(2)13-16)24-22(29)14-26-8-10-27(11-9-26)23-18(3)25-28(19(23)4)20-7-12-32(30,31)15-20/h5-6,13,20H,7-12,14-15H2,1-4H3,(H,24,29). The van der Waals surface area contributed by atoms with Gasteiger partial charge in [0, 0.05) is 31.9 Å². The molecule has 2 aliphatic rings. The van der Waals surface area contributed by atoms with Gasteiger partial charge in [-0.2, -0.15) is 5.10 Å². The maximum absolute atomic E-state index is 12.6. The van der Waals surface area contributed by atoms with Crippen LogP contribution in [0.2, 0.25) is 0 Å². The SMILES string of the molecule is Cc1ccc(NC(=O)CN2CCN(c3c(C)nn(C4CCS(=O)(=O)C4)c3C)CC2)c(C)c1. The lowest BCUT2D eigenvalue weighted by atomic mass is 10.1. The number of rotatable bonds is 5. The van der Waals surface area contributed by atoms with Gasteiger partial charge < -0.3 is 10.2 Å². The lowest BCUT2D eigenvalue weighted by molar-refractivity contribution is -0.117. The largest absolute Gasteiger partial charge is 0.366 e. The topological polar surface area (TPSA) is 87.5 Å². The predicted octanol–water partition coefficient (Wildman–Crippen LogP) is 2.24. The molecule has 2 aromatic rings. The third-order valence-corrected chi connectivity index (χ3v) is 8.30. The summed E-state index contributed by atoms with van der Waals surface area (Å²) >= 11 is 0. The summed E-state index contributed by atoms with van der Waals surface area (Å²) in [7, 11) is -2.95. The van der Waals surface area contributed by atoms with Crippen LogP contribution in [-0.4, -0.2) is 73.2 Å². The Labute approximate surface area is 190 Å². The van der Waals surface area contributed by atoms with E-state index in [1.807, 2.05) is 44.5 Å². The van der Waals surface area contributed by atoms with Crippen molar-refractivity contribution in [2.75, 3.05) is 54.4 Å². The van der Waals surface area contributed by atoms with E-state index in [2.05, 4.69) is 21.2 Å². The number of nitrogens with zero attached hydrogens (tertiary/aromatic N) is 4. The van der Waals surface area contributed by atoms with Crippen molar-refractivity contribution < 1.29 is 13.2 Å². The minimum atomic E-state index is -2.95. The van der Waals surface area contributed by atoms with Crippen molar-refractivity contribution in [1.82, 2.24) is 14.7 Å². The third-order valence-electron chi connectivity index (χ3n) is 6.55. The van der Waals surface area contributed by atoms with Crippen LogP contribution in [0.4, 0.5) is 11.4 Å². The van der Waals surface area contributed by atoms with Crippen LogP contribution >= 0.6 is 0 Å². The van der Waals surface area contributed by atoms with E-state index in [9.17, 15) is 13.2 Å². The van der Waals surface area contributed by atoms with Crippen LogP contribution in [0.3, 0.4) is 0 Å². The third kappa shape index (κ3) is 4.83. The highest BCUT2D eigenvalue weighted by atomic mass is 32.2. The molecule has 4 rings (SSSR count). The van der Waals surface area contributed by atoms with Crippen LogP contribution < -0.4 is 10.2 Å². The first-order valence-electron chi connectivity index (χ1n) is 11.2. The Morgan fingerprint density at radius 1 is 1.12 bits per heavy atom. The second-order valence-electron chi connectivity index (χ2n) is 9.15. The van der Waals surface area contributed by atoms with E-state index in [1.165, 1.54) is 5.56 Å². The summed E-state index contributed by atoms with van der Waals surface area (Å²) in [5.74, 6) is 0.430. The molecule has 3 heterocycles. The summed E-state index contributed by atoms with van der Waals surface area (Å²) < 4.78 is 25.7. The van der Waals surface area contributed by atoms with Crippen LogP contribution in [0.5, 0.6) is 0 Å². The summed E-state index contributed by atoms with van der Waals surface area (Å²) in [6.07, 6.45) is 0.632. The highest BCUT2D eigenvalue weighted by molar-refractivity contribution is 7.91. The Morgan fingerprint density at radius 3 is 2.47 bits per heavy atom. The van der Waals surface area contributed by atoms with Gasteiger partial charge in [0.25, 0.3) is 0 Å². The zero-order valence-electron chi connectivity index (χ0n) is 19.4. The van der Waals surface area contributed by atoms with E-state index < -0.39 is 9.84 Å². The predicted molar refractivity (Wildman–Crippen MR) is 127 cm³/mol. The van der Waals surface area contributed by atoms with Crippen molar-refractivity contribution in [3.8, 4) is 0 Å². The second-order valence-corrected chi connectivity index (χ2v) is 11.4. The van der Waals surface area contributed by atoms with Gasteiger partial charge in [-0.3, -0.25) is 14.4 Å². The number of aromatic nitrogens is 2. The average Bonchev–Trinajstić information content (AvgIpc) is 3.23. The number of aryl methyl sites for hydroxylation is 3. The Morgan fingerprint density at radius 2 is 1.84 bits per heavy atom. The minimum absolute atomic E-state index is 0.00743. The normalized spacial score (nSPS) is 21.1. The van der Waals surface area contributed by atoms with Gasteiger partial charge in [-0.05, 0) is 45.7 Å². The molecular weight excluding hydrogens is 426 g/mol. The van der Waals surface area contributed by atoms with Gasteiger partial charge in [0.15, 0.2) is 9.84 Å².